The van der Waals surface area contributed by atoms with Crippen LogP contribution in [0.4, 0.5) is 10.5 Å². The number of amides is 2. The van der Waals surface area contributed by atoms with Crippen LogP contribution >= 0.6 is 0 Å². The number of nitrogens with one attached hydrogen (secondary N) is 2. The van der Waals surface area contributed by atoms with Crippen molar-refractivity contribution in [3.05, 3.63) is 36.2 Å². The Morgan fingerprint density at radius 1 is 1.38 bits per heavy atom. The van der Waals surface area contributed by atoms with Crippen LogP contribution < -0.4 is 10.6 Å². The van der Waals surface area contributed by atoms with Gasteiger partial charge in [0.05, 0.1) is 36.6 Å². The lowest BCUT2D eigenvalue weighted by molar-refractivity contribution is 0.0940. The number of urea groups is 1. The molecule has 1 aliphatic heterocycles. The molecule has 8 heteroatoms. The molecule has 8 nitrogen and oxygen atoms in total. The van der Waals surface area contributed by atoms with Gasteiger partial charge in [0, 0.05) is 12.8 Å². The van der Waals surface area contributed by atoms with Gasteiger partial charge in [0.25, 0.3) is 0 Å². The van der Waals surface area contributed by atoms with Gasteiger partial charge in [-0.15, -0.1) is 0 Å². The number of phenols is 2. The number of phenolic OH excluding ortho intramolecular Hbond substituents is 2. The van der Waals surface area contributed by atoms with Crippen LogP contribution in [-0.4, -0.2) is 38.7 Å². The van der Waals surface area contributed by atoms with Gasteiger partial charge < -0.3 is 25.6 Å². The molecule has 1 aromatic carbocycles. The normalized spacial score (nSPS) is 16.9. The third-order valence-electron chi connectivity index (χ3n) is 3.86. The minimum Gasteiger partial charge on any atom is -0.507 e. The summed E-state index contributed by atoms with van der Waals surface area (Å²) in [5.41, 5.74) is 0.828. The minimum atomic E-state index is -0.450. The van der Waals surface area contributed by atoms with Crippen molar-refractivity contribution >= 4 is 11.7 Å². The predicted molar refractivity (Wildman–Crippen MR) is 86.8 cm³/mol. The summed E-state index contributed by atoms with van der Waals surface area (Å²) in [4.78, 5) is 11.9. The van der Waals surface area contributed by atoms with Gasteiger partial charge in [0.1, 0.15) is 11.5 Å². The SMILES string of the molecule is O=C(NCc1c(O)cccc1O)Nc1cnn(CC2CCCO2)c1. The summed E-state index contributed by atoms with van der Waals surface area (Å²) in [7, 11) is 0. The summed E-state index contributed by atoms with van der Waals surface area (Å²) in [5.74, 6) is -0.139. The van der Waals surface area contributed by atoms with Crippen LogP contribution in [0.25, 0.3) is 0 Å². The summed E-state index contributed by atoms with van der Waals surface area (Å²) in [6, 6.07) is 3.97. The fourth-order valence-corrected chi connectivity index (χ4v) is 2.61. The van der Waals surface area contributed by atoms with Crippen molar-refractivity contribution in [1.82, 2.24) is 15.1 Å². The first-order chi connectivity index (χ1) is 11.6. The lowest BCUT2D eigenvalue weighted by Gasteiger charge is -2.09. The molecule has 2 heterocycles. The Morgan fingerprint density at radius 2 is 2.17 bits per heavy atom. The van der Waals surface area contributed by atoms with Crippen molar-refractivity contribution in [2.45, 2.75) is 32.0 Å². The van der Waals surface area contributed by atoms with Crippen LogP contribution in [0.2, 0.25) is 0 Å². The third-order valence-corrected chi connectivity index (χ3v) is 3.86. The highest BCUT2D eigenvalue weighted by molar-refractivity contribution is 5.88. The molecule has 0 saturated carbocycles. The summed E-state index contributed by atoms with van der Waals surface area (Å²) < 4.78 is 7.29. The second-order valence-electron chi connectivity index (χ2n) is 5.67. The summed E-state index contributed by atoms with van der Waals surface area (Å²) in [5, 5.41) is 28.8. The van der Waals surface area contributed by atoms with E-state index in [9.17, 15) is 15.0 Å². The summed E-state index contributed by atoms with van der Waals surface area (Å²) in [6.07, 6.45) is 5.56. The number of aromatic nitrogens is 2. The lowest BCUT2D eigenvalue weighted by atomic mass is 10.2. The average molecular weight is 332 g/mol. The van der Waals surface area contributed by atoms with Gasteiger partial charge in [0.15, 0.2) is 0 Å². The molecule has 2 aromatic rings. The second kappa shape index (κ2) is 7.22. The highest BCUT2D eigenvalue weighted by Crippen LogP contribution is 2.25. The van der Waals surface area contributed by atoms with Crippen LogP contribution in [0, 0.1) is 0 Å². The van der Waals surface area contributed by atoms with Crippen molar-refractivity contribution < 1.29 is 19.7 Å². The number of anilines is 1. The number of rotatable bonds is 5. The number of carbonyl (C=O) groups excluding carboxylic acids is 1. The van der Waals surface area contributed by atoms with E-state index in [1.54, 1.807) is 17.1 Å². The number of carbonyl (C=O) groups is 1. The standard InChI is InChI=1S/C16H20N4O4/c21-14-4-1-5-15(22)13(14)8-17-16(23)19-11-7-18-20(9-11)10-12-3-2-6-24-12/h1,4-5,7,9,12,21-22H,2-3,6,8,10H2,(H2,17,19,23). The van der Waals surface area contributed by atoms with E-state index in [-0.39, 0.29) is 29.7 Å². The van der Waals surface area contributed by atoms with Crippen LogP contribution in [-0.2, 0) is 17.8 Å². The molecule has 128 valence electrons. The Hall–Kier alpha value is -2.74. The van der Waals surface area contributed by atoms with Crippen LogP contribution in [0.5, 0.6) is 11.5 Å². The number of hydrogen-bond acceptors (Lipinski definition) is 5. The van der Waals surface area contributed by atoms with Crippen molar-refractivity contribution in [2.75, 3.05) is 11.9 Å². The Labute approximate surface area is 139 Å². The van der Waals surface area contributed by atoms with E-state index < -0.39 is 6.03 Å². The van der Waals surface area contributed by atoms with E-state index in [4.69, 9.17) is 4.74 Å². The van der Waals surface area contributed by atoms with Crippen LogP contribution in [0.3, 0.4) is 0 Å². The fraction of sp³-hybridized carbons (Fsp3) is 0.375. The molecule has 1 unspecified atom stereocenters. The van der Waals surface area contributed by atoms with E-state index in [1.807, 2.05) is 0 Å². The second-order valence-corrected chi connectivity index (χ2v) is 5.67. The van der Waals surface area contributed by atoms with Gasteiger partial charge in [-0.1, -0.05) is 6.07 Å². The molecule has 0 radical (unpaired) electrons. The number of ether oxygens (including phenoxy) is 1. The molecule has 1 aromatic heterocycles. The quantitative estimate of drug-likeness (QED) is 0.667. The van der Waals surface area contributed by atoms with Crippen molar-refractivity contribution in [3.63, 3.8) is 0 Å². The fourth-order valence-electron chi connectivity index (χ4n) is 2.61. The maximum absolute atomic E-state index is 11.9. The molecule has 1 atom stereocenters. The molecular formula is C16H20N4O4. The summed E-state index contributed by atoms with van der Waals surface area (Å²) in [6.45, 7) is 1.46. The minimum absolute atomic E-state index is 0.00832. The van der Waals surface area contributed by atoms with E-state index in [0.717, 1.165) is 19.4 Å². The van der Waals surface area contributed by atoms with E-state index in [2.05, 4.69) is 15.7 Å². The molecule has 0 bridgehead atoms. The van der Waals surface area contributed by atoms with Crippen LogP contribution in [0.1, 0.15) is 18.4 Å². The zero-order valence-corrected chi connectivity index (χ0v) is 13.1. The van der Waals surface area contributed by atoms with E-state index in [0.29, 0.717) is 12.2 Å². The van der Waals surface area contributed by atoms with Gasteiger partial charge in [-0.2, -0.15) is 5.10 Å². The number of nitrogens with zero attached hydrogens (tertiary/aromatic N) is 2. The Kier molecular flexibility index (Phi) is 4.85. The molecule has 1 fully saturated rings. The van der Waals surface area contributed by atoms with Gasteiger partial charge in [-0.05, 0) is 25.0 Å². The molecule has 1 aliphatic rings. The topological polar surface area (TPSA) is 109 Å². The predicted octanol–water partition coefficient (Wildman–Crippen LogP) is 1.79. The molecule has 0 spiro atoms. The molecular weight excluding hydrogens is 312 g/mol. The Morgan fingerprint density at radius 3 is 2.88 bits per heavy atom. The van der Waals surface area contributed by atoms with Crippen molar-refractivity contribution in [1.29, 1.82) is 0 Å². The zero-order chi connectivity index (χ0) is 16.9. The number of aromatic hydroxyl groups is 2. The third kappa shape index (κ3) is 3.96. The van der Waals surface area contributed by atoms with E-state index >= 15 is 0 Å². The van der Waals surface area contributed by atoms with Gasteiger partial charge in [0.2, 0.25) is 0 Å². The van der Waals surface area contributed by atoms with Gasteiger partial charge in [-0.25, -0.2) is 4.79 Å². The molecule has 3 rings (SSSR count). The van der Waals surface area contributed by atoms with Crippen molar-refractivity contribution in [3.8, 4) is 11.5 Å². The summed E-state index contributed by atoms with van der Waals surface area (Å²) >= 11 is 0. The first-order valence-corrected chi connectivity index (χ1v) is 7.80. The zero-order valence-electron chi connectivity index (χ0n) is 13.1. The molecule has 1 saturated heterocycles. The molecule has 4 N–H and O–H groups in total. The number of benzene rings is 1. The van der Waals surface area contributed by atoms with Gasteiger partial charge in [-0.3, -0.25) is 4.68 Å². The average Bonchev–Trinajstić information content (AvgIpc) is 3.19. The first kappa shape index (κ1) is 16.1. The molecule has 0 aliphatic carbocycles. The van der Waals surface area contributed by atoms with Crippen LogP contribution in [0.15, 0.2) is 30.6 Å². The smallest absolute Gasteiger partial charge is 0.319 e. The highest BCUT2D eigenvalue weighted by atomic mass is 16.5. The monoisotopic (exact) mass is 332 g/mol. The number of hydrogen-bond donors (Lipinski definition) is 4. The maximum Gasteiger partial charge on any atom is 0.319 e. The molecule has 24 heavy (non-hydrogen) atoms. The highest BCUT2D eigenvalue weighted by Gasteiger charge is 2.16. The Balaban J connectivity index is 1.50. The first-order valence-electron chi connectivity index (χ1n) is 7.80. The molecule has 2 amide bonds. The Bertz CT molecular complexity index is 690. The maximum atomic E-state index is 11.9. The largest absolute Gasteiger partial charge is 0.507 e. The van der Waals surface area contributed by atoms with Crippen molar-refractivity contribution in [2.24, 2.45) is 0 Å². The van der Waals surface area contributed by atoms with Gasteiger partial charge >= 0.3 is 6.03 Å². The lowest BCUT2D eigenvalue weighted by Crippen LogP contribution is -2.28. The van der Waals surface area contributed by atoms with E-state index in [1.165, 1.54) is 18.2 Å².